The maximum absolute atomic E-state index is 10.8. The third-order valence-corrected chi connectivity index (χ3v) is 1.60. The normalized spacial score (nSPS) is 9.94. The van der Waals surface area contributed by atoms with Gasteiger partial charge in [-0.3, -0.25) is 14.4 Å². The second-order valence-electron chi connectivity index (χ2n) is 3.03. The molecular weight excluding hydrogens is 431 g/mol. The number of hydrogen-bond acceptors (Lipinski definition) is 5. The van der Waals surface area contributed by atoms with Crippen LogP contribution in [0.15, 0.2) is 0 Å². The Morgan fingerprint density at radius 3 is 1.53 bits per heavy atom. The Labute approximate surface area is 116 Å². The van der Waals surface area contributed by atoms with Gasteiger partial charge in [-0.05, 0) is 0 Å². The quantitative estimate of drug-likeness (QED) is 0.350. The van der Waals surface area contributed by atoms with E-state index in [2.05, 4.69) is 4.74 Å². The molecule has 0 saturated carbocycles. The molecule has 3 N–H and O–H groups in total. The molecule has 9 heteroatoms. The van der Waals surface area contributed by atoms with Crippen LogP contribution in [0.5, 0.6) is 0 Å². The molecule has 0 aliphatic heterocycles. The maximum Gasteiger partial charge on any atom is 0.349 e. The Kier molecular flexibility index (Phi) is 7.69. The van der Waals surface area contributed by atoms with Gasteiger partial charge < -0.3 is 20.1 Å². The van der Waals surface area contributed by atoms with Gasteiger partial charge in [0.15, 0.2) is 0 Å². The Balaban J connectivity index is 0. The van der Waals surface area contributed by atoms with Crippen molar-refractivity contribution < 1.29 is 39.2 Å². The van der Waals surface area contributed by atoms with E-state index in [9.17, 15) is 19.2 Å². The zero-order valence-corrected chi connectivity index (χ0v) is 12.7. The average Bonchev–Trinajstić information content (AvgIpc) is 1.98. The van der Waals surface area contributed by atoms with Gasteiger partial charge in [-0.15, -0.1) is 0 Å². The molecule has 17 heavy (non-hydrogen) atoms. The number of carboxylic acids is 3. The largest absolute Gasteiger partial charge is 0.481 e. The van der Waals surface area contributed by atoms with Crippen LogP contribution in [0.4, 0.5) is 0 Å². The van der Waals surface area contributed by atoms with Crippen LogP contribution in [0.2, 0.25) is 0 Å². The zero-order valence-electron chi connectivity index (χ0n) is 8.80. The van der Waals surface area contributed by atoms with Crippen LogP contribution in [-0.2, 0) is 23.9 Å². The van der Waals surface area contributed by atoms with Crippen molar-refractivity contribution in [2.45, 2.75) is 25.4 Å². The summed E-state index contributed by atoms with van der Waals surface area (Å²) in [7, 11) is 0. The van der Waals surface area contributed by atoms with Crippen LogP contribution in [0, 0.1) is 0 Å². The molecule has 0 heterocycles. The van der Waals surface area contributed by atoms with Gasteiger partial charge in [0.05, 0.1) is 12.8 Å². The molecule has 0 bridgehead atoms. The van der Waals surface area contributed by atoms with E-state index in [1.165, 1.54) is 0 Å². The van der Waals surface area contributed by atoms with Crippen molar-refractivity contribution in [3.63, 3.8) is 0 Å². The van der Waals surface area contributed by atoms with Gasteiger partial charge in [-0.1, -0.05) is 0 Å². The van der Waals surface area contributed by atoms with Crippen LogP contribution >= 0.6 is 0 Å². The summed E-state index contributed by atoms with van der Waals surface area (Å²) in [5, 5.41) is 25.7. The number of esters is 1. The molecule has 0 fully saturated rings. The summed E-state index contributed by atoms with van der Waals surface area (Å²) >= 11 is 0. The van der Waals surface area contributed by atoms with Crippen LogP contribution in [0.1, 0.15) is 19.8 Å². The maximum atomic E-state index is 10.8. The number of ether oxygens (including phenoxy) is 1. The van der Waals surface area contributed by atoms with Crippen LogP contribution in [0.25, 0.3) is 0 Å². The first-order chi connectivity index (χ1) is 7.19. The molecule has 0 aliphatic rings. The van der Waals surface area contributed by atoms with Crippen molar-refractivity contribution in [2.24, 2.45) is 0 Å². The SMILES string of the molecule is CC(=O)OC(CC(=O)O)(CC(=O)O)C(=O)O.[Pb]. The second-order valence-corrected chi connectivity index (χ2v) is 3.03. The Morgan fingerprint density at radius 2 is 1.35 bits per heavy atom. The first kappa shape index (κ1) is 18.2. The molecule has 4 radical (unpaired) electrons. The van der Waals surface area contributed by atoms with Crippen molar-refractivity contribution >= 4 is 51.2 Å². The molecule has 0 rings (SSSR count). The predicted molar refractivity (Wildman–Crippen MR) is 52.4 cm³/mol. The van der Waals surface area contributed by atoms with E-state index in [4.69, 9.17) is 15.3 Å². The molecule has 0 aromatic carbocycles. The van der Waals surface area contributed by atoms with E-state index in [1.807, 2.05) is 0 Å². The summed E-state index contributed by atoms with van der Waals surface area (Å²) < 4.78 is 4.32. The van der Waals surface area contributed by atoms with E-state index >= 15 is 0 Å². The molecule has 0 atom stereocenters. The summed E-state index contributed by atoms with van der Waals surface area (Å²) in [5.74, 6) is -6.03. The number of carbonyl (C=O) groups excluding carboxylic acids is 1. The van der Waals surface area contributed by atoms with Gasteiger partial charge in [0.2, 0.25) is 5.60 Å². The fourth-order valence-electron chi connectivity index (χ4n) is 1.09. The van der Waals surface area contributed by atoms with Crippen LogP contribution in [-0.4, -0.2) is 72.1 Å². The topological polar surface area (TPSA) is 138 Å². The summed E-state index contributed by atoms with van der Waals surface area (Å²) in [4.78, 5) is 42.3. The molecule has 0 aromatic heterocycles. The minimum absolute atomic E-state index is 0. The van der Waals surface area contributed by atoms with Crippen molar-refractivity contribution in [3.05, 3.63) is 0 Å². The average molecular weight is 441 g/mol. The minimum Gasteiger partial charge on any atom is -0.481 e. The minimum atomic E-state index is -2.57. The third kappa shape index (κ3) is 6.19. The fraction of sp³-hybridized carbons (Fsp3) is 0.500. The summed E-state index contributed by atoms with van der Waals surface area (Å²) in [6.07, 6.45) is -2.23. The second kappa shape index (κ2) is 7.19. The fourth-order valence-corrected chi connectivity index (χ4v) is 1.09. The number of rotatable bonds is 6. The van der Waals surface area contributed by atoms with Gasteiger partial charge in [-0.25, -0.2) is 4.79 Å². The van der Waals surface area contributed by atoms with Crippen molar-refractivity contribution in [1.29, 1.82) is 0 Å². The summed E-state index contributed by atoms with van der Waals surface area (Å²) in [6.45, 7) is 0.862. The zero-order chi connectivity index (χ0) is 12.9. The molecule has 94 valence electrons. The molecular formula is C8H10O8Pb. The predicted octanol–water partition coefficient (Wildman–Crippen LogP) is -1.06. The van der Waals surface area contributed by atoms with Crippen LogP contribution < -0.4 is 0 Å². The van der Waals surface area contributed by atoms with Crippen molar-refractivity contribution in [1.82, 2.24) is 0 Å². The van der Waals surface area contributed by atoms with Gasteiger partial charge in [-0.2, -0.15) is 0 Å². The smallest absolute Gasteiger partial charge is 0.349 e. The van der Waals surface area contributed by atoms with Gasteiger partial charge in [0, 0.05) is 34.2 Å². The number of carbonyl (C=O) groups is 4. The number of aliphatic carboxylic acids is 3. The summed E-state index contributed by atoms with van der Waals surface area (Å²) in [6, 6.07) is 0. The Hall–Kier alpha value is -1.20. The molecule has 0 unspecified atom stereocenters. The first-order valence-corrected chi connectivity index (χ1v) is 4.06. The van der Waals surface area contributed by atoms with Crippen LogP contribution in [0.3, 0.4) is 0 Å². The molecule has 8 nitrogen and oxygen atoms in total. The van der Waals surface area contributed by atoms with E-state index in [-0.39, 0.29) is 27.3 Å². The molecule has 0 aliphatic carbocycles. The van der Waals surface area contributed by atoms with E-state index in [0.29, 0.717) is 0 Å². The Bertz CT molecular complexity index is 296. The number of hydrogen-bond donors (Lipinski definition) is 3. The van der Waals surface area contributed by atoms with E-state index < -0.39 is 42.3 Å². The van der Waals surface area contributed by atoms with E-state index in [0.717, 1.165) is 6.92 Å². The number of carboxylic acid groups (broad SMARTS) is 3. The Morgan fingerprint density at radius 1 is 1.00 bits per heavy atom. The van der Waals surface area contributed by atoms with Gasteiger partial charge >= 0.3 is 23.9 Å². The molecule has 0 spiro atoms. The van der Waals surface area contributed by atoms with Crippen molar-refractivity contribution in [2.75, 3.05) is 0 Å². The van der Waals surface area contributed by atoms with E-state index in [1.54, 1.807) is 0 Å². The third-order valence-electron chi connectivity index (χ3n) is 1.60. The standard InChI is InChI=1S/C8H10O8.Pb/c1-4(9)16-8(7(14)15,2-5(10)11)3-6(12)13;/h2-3H2,1H3,(H,10,11)(H,12,13)(H,14,15);. The molecule has 0 amide bonds. The van der Waals surface area contributed by atoms with Gasteiger partial charge in [0.25, 0.3) is 0 Å². The monoisotopic (exact) mass is 442 g/mol. The molecule has 0 saturated heterocycles. The first-order valence-electron chi connectivity index (χ1n) is 4.06. The molecule has 0 aromatic rings. The van der Waals surface area contributed by atoms with Gasteiger partial charge in [0.1, 0.15) is 0 Å². The van der Waals surface area contributed by atoms with Crippen molar-refractivity contribution in [3.8, 4) is 0 Å². The summed E-state index contributed by atoms with van der Waals surface area (Å²) in [5.41, 5.74) is -2.57.